The van der Waals surface area contributed by atoms with Crippen molar-refractivity contribution in [3.05, 3.63) is 35.4 Å². The molecule has 3 unspecified atom stereocenters. The third-order valence-electron chi connectivity index (χ3n) is 4.52. The second-order valence-electron chi connectivity index (χ2n) is 5.96. The number of hydrogen-bond acceptors (Lipinski definition) is 1. The molecule has 0 amide bonds. The summed E-state index contributed by atoms with van der Waals surface area (Å²) in [6.07, 6.45) is -1.11. The Kier molecular flexibility index (Phi) is 3.08. The van der Waals surface area contributed by atoms with Crippen LogP contribution in [0.5, 0.6) is 0 Å². The first-order valence-corrected chi connectivity index (χ1v) is 6.77. The average Bonchev–Trinajstić information content (AvgIpc) is 2.95. The molecule has 104 valence electrons. The number of halogens is 3. The van der Waals surface area contributed by atoms with Crippen LogP contribution in [0, 0.1) is 17.8 Å². The Morgan fingerprint density at radius 2 is 1.84 bits per heavy atom. The summed E-state index contributed by atoms with van der Waals surface area (Å²) in [5, 5.41) is 10.2. The Morgan fingerprint density at radius 1 is 1.16 bits per heavy atom. The first-order valence-electron chi connectivity index (χ1n) is 6.77. The van der Waals surface area contributed by atoms with E-state index in [1.165, 1.54) is 12.5 Å². The van der Waals surface area contributed by atoms with E-state index in [1.54, 1.807) is 6.07 Å². The number of alkyl halides is 3. The molecule has 1 aromatic rings. The van der Waals surface area contributed by atoms with Gasteiger partial charge in [-0.25, -0.2) is 0 Å². The molecule has 0 radical (unpaired) electrons. The predicted octanol–water partition coefficient (Wildman–Crippen LogP) is 3.65. The first kappa shape index (κ1) is 13.0. The summed E-state index contributed by atoms with van der Waals surface area (Å²) in [6, 6.07) is 5.30. The Hall–Kier alpha value is -1.03. The van der Waals surface area contributed by atoms with Crippen LogP contribution < -0.4 is 0 Å². The van der Waals surface area contributed by atoms with E-state index in [4.69, 9.17) is 0 Å². The minimum Gasteiger partial charge on any atom is -0.392 e. The lowest BCUT2D eigenvalue weighted by Crippen LogP contribution is -2.22. The Labute approximate surface area is 110 Å². The molecular weight excluding hydrogens is 253 g/mol. The number of rotatable bonds is 3. The van der Waals surface area contributed by atoms with Crippen molar-refractivity contribution in [1.82, 2.24) is 0 Å². The van der Waals surface area contributed by atoms with Gasteiger partial charge in [0.15, 0.2) is 0 Å². The molecule has 1 aromatic carbocycles. The minimum absolute atomic E-state index is 0.276. The highest BCUT2D eigenvalue weighted by atomic mass is 19.4. The van der Waals surface area contributed by atoms with E-state index in [1.807, 2.05) is 0 Å². The van der Waals surface area contributed by atoms with Crippen molar-refractivity contribution in [2.45, 2.75) is 38.0 Å². The minimum atomic E-state index is -4.31. The smallest absolute Gasteiger partial charge is 0.392 e. The fraction of sp³-hybridized carbons (Fsp3) is 0.600. The number of benzene rings is 1. The van der Waals surface area contributed by atoms with E-state index >= 15 is 0 Å². The molecule has 2 aliphatic rings. The maximum Gasteiger partial charge on any atom is 0.416 e. The molecule has 0 bridgehead atoms. The summed E-state index contributed by atoms with van der Waals surface area (Å²) in [6.45, 7) is 0. The summed E-state index contributed by atoms with van der Waals surface area (Å²) in [5.74, 6) is 1.83. The third kappa shape index (κ3) is 2.78. The van der Waals surface area contributed by atoms with Crippen molar-refractivity contribution in [2.75, 3.05) is 0 Å². The second-order valence-corrected chi connectivity index (χ2v) is 5.96. The third-order valence-corrected chi connectivity index (χ3v) is 4.52. The maximum atomic E-state index is 12.6. The molecule has 0 saturated heterocycles. The van der Waals surface area contributed by atoms with Crippen molar-refractivity contribution in [3.8, 4) is 0 Å². The van der Waals surface area contributed by atoms with Crippen molar-refractivity contribution >= 4 is 0 Å². The zero-order valence-electron chi connectivity index (χ0n) is 10.5. The molecule has 2 saturated carbocycles. The van der Waals surface area contributed by atoms with Gasteiger partial charge >= 0.3 is 6.18 Å². The zero-order chi connectivity index (χ0) is 13.6. The first-order chi connectivity index (χ1) is 8.93. The molecule has 3 rings (SSSR count). The van der Waals surface area contributed by atoms with Gasteiger partial charge in [0, 0.05) is 0 Å². The fourth-order valence-electron chi connectivity index (χ4n) is 3.36. The quantitative estimate of drug-likeness (QED) is 0.888. The van der Waals surface area contributed by atoms with Gasteiger partial charge in [-0.05, 0) is 55.1 Å². The van der Waals surface area contributed by atoms with E-state index in [9.17, 15) is 18.3 Å². The van der Waals surface area contributed by atoms with Gasteiger partial charge in [0.2, 0.25) is 0 Å². The summed E-state index contributed by atoms with van der Waals surface area (Å²) in [4.78, 5) is 0. The van der Waals surface area contributed by atoms with E-state index in [0.717, 1.165) is 36.8 Å². The van der Waals surface area contributed by atoms with Crippen LogP contribution in [-0.2, 0) is 12.6 Å². The topological polar surface area (TPSA) is 20.2 Å². The van der Waals surface area contributed by atoms with Gasteiger partial charge in [-0.15, -0.1) is 0 Å². The summed E-state index contributed by atoms with van der Waals surface area (Å²) < 4.78 is 37.8. The zero-order valence-corrected chi connectivity index (χ0v) is 10.5. The lowest BCUT2D eigenvalue weighted by Gasteiger charge is -2.20. The number of fused-ring (bicyclic) bond motifs is 1. The van der Waals surface area contributed by atoms with Gasteiger partial charge in [-0.1, -0.05) is 18.2 Å². The molecule has 2 aliphatic carbocycles. The molecule has 1 N–H and O–H groups in total. The normalized spacial score (nSPS) is 31.1. The van der Waals surface area contributed by atoms with Crippen LogP contribution in [0.4, 0.5) is 13.2 Å². The van der Waals surface area contributed by atoms with Crippen LogP contribution in [0.25, 0.3) is 0 Å². The molecule has 2 fully saturated rings. The van der Waals surface area contributed by atoms with Crippen LogP contribution in [0.3, 0.4) is 0 Å². The van der Waals surface area contributed by atoms with Gasteiger partial charge in [-0.2, -0.15) is 13.2 Å². The number of aliphatic hydroxyl groups is 1. The summed E-state index contributed by atoms with van der Waals surface area (Å²) in [7, 11) is 0. The average molecular weight is 270 g/mol. The Morgan fingerprint density at radius 3 is 2.47 bits per heavy atom. The standard InChI is InChI=1S/C15H17F3O/c16-15(17,18)13-3-1-2-9(4-13)5-14(19)12-7-10-6-11(10)8-12/h1-4,10-12,14,19H,5-8H2. The highest BCUT2D eigenvalue weighted by Crippen LogP contribution is 2.55. The van der Waals surface area contributed by atoms with Crippen LogP contribution in [-0.4, -0.2) is 11.2 Å². The van der Waals surface area contributed by atoms with E-state index in [0.29, 0.717) is 12.0 Å². The second kappa shape index (κ2) is 4.51. The lowest BCUT2D eigenvalue weighted by atomic mass is 9.91. The molecule has 0 aliphatic heterocycles. The fourth-order valence-corrected chi connectivity index (χ4v) is 3.36. The van der Waals surface area contributed by atoms with E-state index in [2.05, 4.69) is 0 Å². The highest BCUT2D eigenvalue weighted by molar-refractivity contribution is 5.26. The monoisotopic (exact) mass is 270 g/mol. The summed E-state index contributed by atoms with van der Waals surface area (Å²) >= 11 is 0. The van der Waals surface area contributed by atoms with E-state index < -0.39 is 17.8 Å². The van der Waals surface area contributed by atoms with Crippen molar-refractivity contribution in [1.29, 1.82) is 0 Å². The molecular formula is C15H17F3O. The predicted molar refractivity (Wildman–Crippen MR) is 65.5 cm³/mol. The van der Waals surface area contributed by atoms with Crippen molar-refractivity contribution in [3.63, 3.8) is 0 Å². The van der Waals surface area contributed by atoms with Gasteiger partial charge < -0.3 is 5.11 Å². The van der Waals surface area contributed by atoms with Gasteiger partial charge in [-0.3, -0.25) is 0 Å². The lowest BCUT2D eigenvalue weighted by molar-refractivity contribution is -0.137. The van der Waals surface area contributed by atoms with Crippen molar-refractivity contribution < 1.29 is 18.3 Å². The molecule has 0 heterocycles. The largest absolute Gasteiger partial charge is 0.416 e. The molecule has 19 heavy (non-hydrogen) atoms. The molecule has 3 atom stereocenters. The van der Waals surface area contributed by atoms with Crippen molar-refractivity contribution in [2.24, 2.45) is 17.8 Å². The number of hydrogen-bond donors (Lipinski definition) is 1. The Bertz CT molecular complexity index is 459. The van der Waals surface area contributed by atoms with Crippen LogP contribution in [0.2, 0.25) is 0 Å². The van der Waals surface area contributed by atoms with Gasteiger partial charge in [0.05, 0.1) is 11.7 Å². The number of aliphatic hydroxyl groups excluding tert-OH is 1. The van der Waals surface area contributed by atoms with Gasteiger partial charge in [0.25, 0.3) is 0 Å². The van der Waals surface area contributed by atoms with Crippen LogP contribution in [0.15, 0.2) is 24.3 Å². The SMILES string of the molecule is OC(Cc1cccc(C(F)(F)F)c1)C1CC2CC2C1. The molecule has 1 nitrogen and oxygen atoms in total. The van der Waals surface area contributed by atoms with Crippen LogP contribution in [0.1, 0.15) is 30.4 Å². The molecule has 4 heteroatoms. The van der Waals surface area contributed by atoms with E-state index in [-0.39, 0.29) is 5.92 Å². The Balaban J connectivity index is 1.65. The van der Waals surface area contributed by atoms with Crippen LogP contribution >= 0.6 is 0 Å². The highest BCUT2D eigenvalue weighted by Gasteiger charge is 2.47. The molecule has 0 spiro atoms. The maximum absolute atomic E-state index is 12.6. The molecule has 0 aromatic heterocycles. The summed E-state index contributed by atoms with van der Waals surface area (Å²) in [5.41, 5.74) is -0.0608. The van der Waals surface area contributed by atoms with Gasteiger partial charge in [0.1, 0.15) is 0 Å².